The van der Waals surface area contributed by atoms with Crippen LogP contribution in [0.4, 0.5) is 10.8 Å². The summed E-state index contributed by atoms with van der Waals surface area (Å²) >= 11 is 1.68. The molecule has 0 bridgehead atoms. The van der Waals surface area contributed by atoms with E-state index in [4.69, 9.17) is 10.1 Å². The van der Waals surface area contributed by atoms with E-state index in [1.807, 2.05) is 18.2 Å². The number of piperidine rings is 1. The molecule has 0 radical (unpaired) electrons. The summed E-state index contributed by atoms with van der Waals surface area (Å²) in [5, 5.41) is 9.01. The highest BCUT2D eigenvalue weighted by Gasteiger charge is 2.26. The Hall–Kier alpha value is -2.49. The maximum absolute atomic E-state index is 12.7. The number of nitrogens with two attached hydrogens (primary N) is 1. The van der Waals surface area contributed by atoms with Crippen LogP contribution in [0.15, 0.2) is 48.5 Å². The smallest absolute Gasteiger partial charge is 0.227 e. The number of primary sulfonamides is 1. The first-order valence-corrected chi connectivity index (χ1v) is 11.9. The van der Waals surface area contributed by atoms with Crippen molar-refractivity contribution in [1.82, 2.24) is 4.98 Å². The lowest BCUT2D eigenvalue weighted by Gasteiger charge is -2.31. The number of fused-ring (bicyclic) bond motifs is 1. The third-order valence-electron chi connectivity index (χ3n) is 4.98. The number of para-hydroxylation sites is 1. The van der Waals surface area contributed by atoms with Gasteiger partial charge in [-0.2, -0.15) is 0 Å². The van der Waals surface area contributed by atoms with Gasteiger partial charge in [0.2, 0.25) is 15.9 Å². The number of amides is 1. The van der Waals surface area contributed by atoms with Crippen molar-refractivity contribution in [2.45, 2.75) is 18.6 Å². The Balaban J connectivity index is 1.36. The molecule has 4 rings (SSSR count). The molecule has 7 nitrogen and oxygen atoms in total. The molecule has 9 heteroatoms. The van der Waals surface area contributed by atoms with Crippen LogP contribution in [-0.4, -0.2) is 32.4 Å². The average Bonchev–Trinajstić information content (AvgIpc) is 3.11. The van der Waals surface area contributed by atoms with Crippen molar-refractivity contribution >= 4 is 48.3 Å². The molecular formula is C20H22N4O3S2. The van der Waals surface area contributed by atoms with Crippen molar-refractivity contribution in [3.05, 3.63) is 54.1 Å². The topological polar surface area (TPSA) is 105 Å². The van der Waals surface area contributed by atoms with E-state index in [1.54, 1.807) is 35.6 Å². The number of aromatic nitrogens is 1. The zero-order valence-corrected chi connectivity index (χ0v) is 17.4. The molecular weight excluding hydrogens is 408 g/mol. The molecule has 0 spiro atoms. The second-order valence-electron chi connectivity index (χ2n) is 7.22. The SMILES string of the molecule is NS(=O)(=O)Cc1cccc(NC(=O)C2CCN(c3nc4ccccc4s3)CC2)c1. The lowest BCUT2D eigenvalue weighted by molar-refractivity contribution is -0.120. The number of carbonyl (C=O) groups excluding carboxylic acids is 1. The zero-order chi connectivity index (χ0) is 20.4. The summed E-state index contributed by atoms with van der Waals surface area (Å²) in [4.78, 5) is 19.6. The van der Waals surface area contributed by atoms with Crippen molar-refractivity contribution in [2.24, 2.45) is 11.1 Å². The summed E-state index contributed by atoms with van der Waals surface area (Å²) in [6, 6.07) is 14.9. The minimum atomic E-state index is -3.61. The van der Waals surface area contributed by atoms with Gasteiger partial charge < -0.3 is 10.2 Å². The first kappa shape index (κ1) is 19.8. The van der Waals surface area contributed by atoms with Crippen LogP contribution in [0.3, 0.4) is 0 Å². The molecule has 1 aromatic heterocycles. The molecule has 152 valence electrons. The molecule has 3 aromatic rings. The van der Waals surface area contributed by atoms with Gasteiger partial charge in [-0.05, 0) is 42.7 Å². The molecule has 0 atom stereocenters. The van der Waals surface area contributed by atoms with Crippen molar-refractivity contribution in [3.63, 3.8) is 0 Å². The number of sulfonamides is 1. The lowest BCUT2D eigenvalue weighted by atomic mass is 9.96. The van der Waals surface area contributed by atoms with E-state index in [-0.39, 0.29) is 17.6 Å². The highest BCUT2D eigenvalue weighted by molar-refractivity contribution is 7.88. The Bertz CT molecular complexity index is 1100. The Morgan fingerprint density at radius 2 is 1.93 bits per heavy atom. The molecule has 1 amide bonds. The first-order chi connectivity index (χ1) is 13.9. The highest BCUT2D eigenvalue weighted by atomic mass is 32.2. The molecule has 1 fully saturated rings. The molecule has 2 heterocycles. The van der Waals surface area contributed by atoms with Gasteiger partial charge in [0.25, 0.3) is 0 Å². The van der Waals surface area contributed by atoms with E-state index >= 15 is 0 Å². The molecule has 2 aromatic carbocycles. The summed E-state index contributed by atoms with van der Waals surface area (Å²) in [6.45, 7) is 1.56. The Morgan fingerprint density at radius 3 is 2.66 bits per heavy atom. The summed E-state index contributed by atoms with van der Waals surface area (Å²) in [5.74, 6) is -0.374. The largest absolute Gasteiger partial charge is 0.348 e. The van der Waals surface area contributed by atoms with Gasteiger partial charge in [0, 0.05) is 24.7 Å². The fourth-order valence-corrected chi connectivity index (χ4v) is 5.21. The van der Waals surface area contributed by atoms with Crippen LogP contribution < -0.4 is 15.4 Å². The zero-order valence-electron chi connectivity index (χ0n) is 15.7. The second kappa shape index (κ2) is 8.10. The summed E-state index contributed by atoms with van der Waals surface area (Å²) in [7, 11) is -3.61. The summed E-state index contributed by atoms with van der Waals surface area (Å²) in [6.07, 6.45) is 1.50. The maximum atomic E-state index is 12.7. The van der Waals surface area contributed by atoms with Gasteiger partial charge in [-0.1, -0.05) is 35.6 Å². The minimum Gasteiger partial charge on any atom is -0.348 e. The minimum absolute atomic E-state index is 0.0401. The molecule has 29 heavy (non-hydrogen) atoms. The number of nitrogens with zero attached hydrogens (tertiary/aromatic N) is 2. The molecule has 1 aliphatic rings. The van der Waals surface area contributed by atoms with Gasteiger partial charge in [-0.25, -0.2) is 18.5 Å². The second-order valence-corrected chi connectivity index (χ2v) is 9.85. The van der Waals surface area contributed by atoms with Crippen LogP contribution >= 0.6 is 11.3 Å². The number of rotatable bonds is 5. The predicted molar refractivity (Wildman–Crippen MR) is 116 cm³/mol. The fourth-order valence-electron chi connectivity index (χ4n) is 3.54. The van der Waals surface area contributed by atoms with Gasteiger partial charge in [-0.15, -0.1) is 0 Å². The van der Waals surface area contributed by atoms with Gasteiger partial charge >= 0.3 is 0 Å². The van der Waals surface area contributed by atoms with Crippen LogP contribution in [0.25, 0.3) is 10.2 Å². The monoisotopic (exact) mass is 430 g/mol. The third kappa shape index (κ3) is 4.92. The standard InChI is InChI=1S/C20H22N4O3S2/c21-29(26,27)13-14-4-3-5-16(12-14)22-19(25)15-8-10-24(11-9-15)20-23-17-6-1-2-7-18(17)28-20/h1-7,12,15H,8-11,13H2,(H,22,25)(H2,21,26,27). The van der Waals surface area contributed by atoms with Crippen molar-refractivity contribution in [3.8, 4) is 0 Å². The van der Waals surface area contributed by atoms with E-state index in [2.05, 4.69) is 16.3 Å². The first-order valence-electron chi connectivity index (χ1n) is 9.38. The Kier molecular flexibility index (Phi) is 5.53. The molecule has 1 aliphatic heterocycles. The van der Waals surface area contributed by atoms with Gasteiger partial charge in [0.1, 0.15) is 0 Å². The van der Waals surface area contributed by atoms with Crippen LogP contribution in [0, 0.1) is 5.92 Å². The highest BCUT2D eigenvalue weighted by Crippen LogP contribution is 2.31. The van der Waals surface area contributed by atoms with Crippen LogP contribution in [0.2, 0.25) is 0 Å². The maximum Gasteiger partial charge on any atom is 0.227 e. The fraction of sp³-hybridized carbons (Fsp3) is 0.300. The van der Waals surface area contributed by atoms with Crippen LogP contribution in [0.5, 0.6) is 0 Å². The number of benzene rings is 2. The van der Waals surface area contributed by atoms with Gasteiger partial charge in [-0.3, -0.25) is 4.79 Å². The summed E-state index contributed by atoms with van der Waals surface area (Å²) < 4.78 is 23.7. The number of nitrogens with one attached hydrogen (secondary N) is 1. The Morgan fingerprint density at radius 1 is 1.17 bits per heavy atom. The number of carbonyl (C=O) groups is 1. The summed E-state index contributed by atoms with van der Waals surface area (Å²) in [5.41, 5.74) is 2.15. The van der Waals surface area contributed by atoms with E-state index < -0.39 is 10.0 Å². The predicted octanol–water partition coefficient (Wildman–Crippen LogP) is 2.94. The van der Waals surface area contributed by atoms with E-state index in [9.17, 15) is 13.2 Å². The van der Waals surface area contributed by atoms with Crippen molar-refractivity contribution < 1.29 is 13.2 Å². The van der Waals surface area contributed by atoms with E-state index in [1.165, 1.54) is 4.70 Å². The van der Waals surface area contributed by atoms with E-state index in [0.29, 0.717) is 11.3 Å². The quantitative estimate of drug-likeness (QED) is 0.647. The van der Waals surface area contributed by atoms with Crippen molar-refractivity contribution in [1.29, 1.82) is 0 Å². The molecule has 0 unspecified atom stereocenters. The average molecular weight is 431 g/mol. The third-order valence-corrected chi connectivity index (χ3v) is 6.81. The molecule has 3 N–H and O–H groups in total. The molecule has 0 saturated carbocycles. The number of thiazole rings is 1. The lowest BCUT2D eigenvalue weighted by Crippen LogP contribution is -2.38. The van der Waals surface area contributed by atoms with Crippen LogP contribution in [0.1, 0.15) is 18.4 Å². The van der Waals surface area contributed by atoms with Gasteiger partial charge in [0.15, 0.2) is 5.13 Å². The number of hydrogen-bond acceptors (Lipinski definition) is 6. The number of hydrogen-bond donors (Lipinski definition) is 2. The molecule has 1 saturated heterocycles. The number of anilines is 2. The Labute approximate surface area is 173 Å². The molecule has 0 aliphatic carbocycles. The van der Waals surface area contributed by atoms with E-state index in [0.717, 1.165) is 36.6 Å². The normalized spacial score (nSPS) is 15.6. The van der Waals surface area contributed by atoms with Gasteiger partial charge in [0.05, 0.1) is 16.0 Å². The van der Waals surface area contributed by atoms with Crippen molar-refractivity contribution in [2.75, 3.05) is 23.3 Å². The van der Waals surface area contributed by atoms with Crippen LogP contribution in [-0.2, 0) is 20.6 Å².